The Kier molecular flexibility index (Phi) is 8.19. The molecule has 2 aromatic heterocycles. The molecule has 3 aromatic rings. The van der Waals surface area contributed by atoms with Crippen molar-refractivity contribution in [2.45, 2.75) is 77.9 Å². The molecular formula is C29H37F2N5O4. The number of aromatic nitrogens is 3. The van der Waals surface area contributed by atoms with Gasteiger partial charge in [-0.25, -0.2) is 18.7 Å². The average molecular weight is 558 g/mol. The lowest BCUT2D eigenvalue weighted by molar-refractivity contribution is -0.0420. The van der Waals surface area contributed by atoms with Crippen LogP contribution in [0, 0.1) is 18.6 Å². The Morgan fingerprint density at radius 2 is 1.85 bits per heavy atom. The number of ether oxygens (including phenoxy) is 2. The van der Waals surface area contributed by atoms with Gasteiger partial charge in [0, 0.05) is 48.1 Å². The Balaban J connectivity index is 1.63. The lowest BCUT2D eigenvalue weighted by atomic mass is 10.0. The second-order valence-electron chi connectivity index (χ2n) is 11.2. The third-order valence-electron chi connectivity index (χ3n) is 7.98. The van der Waals surface area contributed by atoms with Crippen LogP contribution in [0.25, 0.3) is 22.2 Å². The highest BCUT2D eigenvalue weighted by Crippen LogP contribution is 2.31. The highest BCUT2D eigenvalue weighted by molar-refractivity contribution is 5.86. The first kappa shape index (κ1) is 28.5. The van der Waals surface area contributed by atoms with E-state index >= 15 is 8.78 Å². The monoisotopic (exact) mass is 557 g/mol. The van der Waals surface area contributed by atoms with Crippen molar-refractivity contribution in [3.8, 4) is 11.3 Å². The standard InChI is InChI=1S/C29H37F2N5O4/c1-15(2)36-23-9-19(27-21(31)10-32-29(34-27)33-22-6-7-39-14-25(22)37)8-20(30)26(23)28(38)18(5)24(36)11-35-16(3)12-40-13-17(35)4/h8-10,15-17,22,25,37H,6-7,11-14H2,1-5H3,(H,32,33,34)/t16-,17-,22-,25-/m1/s1. The lowest BCUT2D eigenvalue weighted by Gasteiger charge is -2.39. The highest BCUT2D eigenvalue weighted by atomic mass is 19.1. The van der Waals surface area contributed by atoms with Crippen LogP contribution in [0.5, 0.6) is 0 Å². The number of hydrogen-bond acceptors (Lipinski definition) is 8. The van der Waals surface area contributed by atoms with Gasteiger partial charge in [-0.3, -0.25) is 9.69 Å². The number of hydrogen-bond donors (Lipinski definition) is 2. The molecule has 2 N–H and O–H groups in total. The Morgan fingerprint density at radius 1 is 1.12 bits per heavy atom. The fraction of sp³-hybridized carbons (Fsp3) is 0.552. The van der Waals surface area contributed by atoms with Crippen LogP contribution in [-0.2, 0) is 16.0 Å². The van der Waals surface area contributed by atoms with Crippen LogP contribution in [0.1, 0.15) is 51.4 Å². The molecule has 2 saturated heterocycles. The number of benzene rings is 1. The van der Waals surface area contributed by atoms with Gasteiger partial charge in [-0.2, -0.15) is 0 Å². The van der Waals surface area contributed by atoms with Crippen molar-refractivity contribution >= 4 is 16.9 Å². The number of fused-ring (bicyclic) bond motifs is 1. The van der Waals surface area contributed by atoms with Crippen LogP contribution in [-0.4, -0.2) is 75.2 Å². The molecule has 0 bridgehead atoms. The molecule has 2 aliphatic heterocycles. The number of aliphatic hydroxyl groups is 1. The topological polar surface area (TPSA) is 102 Å². The summed E-state index contributed by atoms with van der Waals surface area (Å²) in [5.41, 5.74) is 1.39. The second kappa shape index (κ2) is 11.5. The number of nitrogens with one attached hydrogen (secondary N) is 1. The van der Waals surface area contributed by atoms with E-state index in [1.807, 2.05) is 18.4 Å². The van der Waals surface area contributed by atoms with Gasteiger partial charge in [0.25, 0.3) is 0 Å². The first-order valence-corrected chi connectivity index (χ1v) is 13.8. The third-order valence-corrected chi connectivity index (χ3v) is 7.98. The van der Waals surface area contributed by atoms with Gasteiger partial charge in [0.2, 0.25) is 5.95 Å². The number of aliphatic hydroxyl groups excluding tert-OH is 1. The summed E-state index contributed by atoms with van der Waals surface area (Å²) in [6.07, 6.45) is 0.795. The number of nitrogens with zero attached hydrogens (tertiary/aromatic N) is 4. The van der Waals surface area contributed by atoms with Gasteiger partial charge in [-0.15, -0.1) is 0 Å². The molecule has 0 radical (unpaired) electrons. The SMILES string of the molecule is Cc1c(CN2[C@H](C)COC[C@H]2C)n(C(C)C)c2cc(-c3nc(N[C@@H]4CCOC[C@H]4O)ncc3F)cc(F)c2c1=O. The zero-order chi connectivity index (χ0) is 28.7. The fourth-order valence-electron chi connectivity index (χ4n) is 5.79. The zero-order valence-electron chi connectivity index (χ0n) is 23.6. The van der Waals surface area contributed by atoms with Crippen LogP contribution < -0.4 is 10.7 Å². The van der Waals surface area contributed by atoms with E-state index in [4.69, 9.17) is 9.47 Å². The van der Waals surface area contributed by atoms with Crippen molar-refractivity contribution in [3.05, 3.63) is 51.4 Å². The summed E-state index contributed by atoms with van der Waals surface area (Å²) in [4.78, 5) is 24.2. The summed E-state index contributed by atoms with van der Waals surface area (Å²) < 4.78 is 43.7. The quantitative estimate of drug-likeness (QED) is 0.472. The predicted octanol–water partition coefficient (Wildman–Crippen LogP) is 3.80. The molecule has 4 atom stereocenters. The van der Waals surface area contributed by atoms with Gasteiger partial charge in [0.05, 0.1) is 49.1 Å². The Labute approximate surface area is 232 Å². The lowest BCUT2D eigenvalue weighted by Crippen LogP contribution is -2.49. The van der Waals surface area contributed by atoms with E-state index in [9.17, 15) is 9.90 Å². The van der Waals surface area contributed by atoms with E-state index in [-0.39, 0.29) is 58.8 Å². The van der Waals surface area contributed by atoms with Gasteiger partial charge < -0.3 is 24.5 Å². The van der Waals surface area contributed by atoms with Crippen LogP contribution in [0.2, 0.25) is 0 Å². The Morgan fingerprint density at radius 3 is 2.52 bits per heavy atom. The number of pyridine rings is 1. The average Bonchev–Trinajstić information content (AvgIpc) is 2.90. The van der Waals surface area contributed by atoms with Gasteiger partial charge in [-0.05, 0) is 53.2 Å². The smallest absolute Gasteiger partial charge is 0.223 e. The van der Waals surface area contributed by atoms with Gasteiger partial charge in [0.1, 0.15) is 11.5 Å². The first-order chi connectivity index (χ1) is 19.1. The Hall–Kier alpha value is -2.99. The van der Waals surface area contributed by atoms with Gasteiger partial charge >= 0.3 is 0 Å². The van der Waals surface area contributed by atoms with E-state index in [0.29, 0.717) is 43.9 Å². The maximum absolute atomic E-state index is 15.7. The number of anilines is 1. The summed E-state index contributed by atoms with van der Waals surface area (Å²) in [7, 11) is 0. The minimum Gasteiger partial charge on any atom is -0.389 e. The molecule has 40 heavy (non-hydrogen) atoms. The third kappa shape index (κ3) is 5.35. The van der Waals surface area contributed by atoms with Gasteiger partial charge in [-0.1, -0.05) is 0 Å². The Bertz CT molecular complexity index is 1450. The zero-order valence-corrected chi connectivity index (χ0v) is 23.6. The first-order valence-electron chi connectivity index (χ1n) is 13.8. The number of rotatable bonds is 6. The molecule has 4 heterocycles. The van der Waals surface area contributed by atoms with Crippen LogP contribution in [0.3, 0.4) is 0 Å². The molecule has 0 unspecified atom stereocenters. The van der Waals surface area contributed by atoms with Crippen molar-refractivity contribution in [1.29, 1.82) is 0 Å². The summed E-state index contributed by atoms with van der Waals surface area (Å²) >= 11 is 0. The summed E-state index contributed by atoms with van der Waals surface area (Å²) in [5, 5.41) is 13.2. The molecule has 0 saturated carbocycles. The highest BCUT2D eigenvalue weighted by Gasteiger charge is 2.29. The normalized spacial score (nSPS) is 24.1. The molecule has 2 fully saturated rings. The molecule has 0 spiro atoms. The number of morpholine rings is 1. The van der Waals surface area contributed by atoms with Crippen LogP contribution >= 0.6 is 0 Å². The largest absolute Gasteiger partial charge is 0.389 e. The summed E-state index contributed by atoms with van der Waals surface area (Å²) in [6, 6.07) is 2.61. The van der Waals surface area contributed by atoms with Crippen LogP contribution in [0.15, 0.2) is 23.1 Å². The van der Waals surface area contributed by atoms with Crippen molar-refractivity contribution in [1.82, 2.24) is 19.4 Å². The summed E-state index contributed by atoms with van der Waals surface area (Å²) in [5.74, 6) is -1.34. The molecule has 9 nitrogen and oxygen atoms in total. The van der Waals surface area contributed by atoms with Gasteiger partial charge in [0.15, 0.2) is 11.2 Å². The van der Waals surface area contributed by atoms with E-state index in [0.717, 1.165) is 18.0 Å². The molecular weight excluding hydrogens is 520 g/mol. The van der Waals surface area contributed by atoms with Crippen molar-refractivity contribution in [2.75, 3.05) is 31.7 Å². The molecule has 1 aromatic carbocycles. The van der Waals surface area contributed by atoms with Crippen LogP contribution in [0.4, 0.5) is 14.7 Å². The van der Waals surface area contributed by atoms with E-state index in [2.05, 4.69) is 34.0 Å². The second-order valence-corrected chi connectivity index (χ2v) is 11.2. The molecule has 11 heteroatoms. The maximum atomic E-state index is 15.7. The number of halogens is 2. The molecule has 216 valence electrons. The van der Waals surface area contributed by atoms with Crippen molar-refractivity contribution in [2.24, 2.45) is 0 Å². The molecule has 2 aliphatic rings. The van der Waals surface area contributed by atoms with E-state index in [1.165, 1.54) is 0 Å². The maximum Gasteiger partial charge on any atom is 0.223 e. The molecule has 0 amide bonds. The minimum atomic E-state index is -0.761. The summed E-state index contributed by atoms with van der Waals surface area (Å²) in [6.45, 7) is 12.2. The fourth-order valence-corrected chi connectivity index (χ4v) is 5.79. The minimum absolute atomic E-state index is 0.0279. The van der Waals surface area contributed by atoms with E-state index in [1.54, 1.807) is 13.0 Å². The van der Waals surface area contributed by atoms with E-state index < -0.39 is 17.7 Å². The molecule has 5 rings (SSSR count). The predicted molar refractivity (Wildman–Crippen MR) is 148 cm³/mol. The van der Waals surface area contributed by atoms with Crippen molar-refractivity contribution < 1.29 is 23.4 Å². The molecule has 0 aliphatic carbocycles. The van der Waals surface area contributed by atoms with Crippen molar-refractivity contribution in [3.63, 3.8) is 0 Å².